The van der Waals surface area contributed by atoms with Crippen molar-refractivity contribution in [2.45, 2.75) is 12.3 Å². The van der Waals surface area contributed by atoms with E-state index in [9.17, 15) is 13.6 Å². The summed E-state index contributed by atoms with van der Waals surface area (Å²) in [5.74, 6) is -1.96. The molecule has 0 saturated carbocycles. The highest BCUT2D eigenvalue weighted by molar-refractivity contribution is 5.94. The zero-order chi connectivity index (χ0) is 16.4. The second-order valence-electron chi connectivity index (χ2n) is 5.34. The van der Waals surface area contributed by atoms with Crippen LogP contribution in [0.1, 0.15) is 23.5 Å². The number of carbonyl (C=O) groups excluding carboxylic acids is 1. The molecule has 4 nitrogen and oxygen atoms in total. The minimum Gasteiger partial charge on any atom is -0.380 e. The average Bonchev–Trinajstić information content (AvgIpc) is 2.53. The highest BCUT2D eigenvalue weighted by Crippen LogP contribution is 2.32. The van der Waals surface area contributed by atoms with Gasteiger partial charge in [0.15, 0.2) is 11.6 Å². The van der Waals surface area contributed by atoms with E-state index in [-0.39, 0.29) is 36.0 Å². The van der Waals surface area contributed by atoms with E-state index >= 15 is 0 Å². The number of benzene rings is 2. The lowest BCUT2D eigenvalue weighted by Crippen LogP contribution is -2.27. The Kier molecular flexibility index (Phi) is 3.94. The number of nitriles is 1. The van der Waals surface area contributed by atoms with Crippen molar-refractivity contribution in [3.05, 3.63) is 59.2 Å². The monoisotopic (exact) mass is 313 g/mol. The maximum atomic E-state index is 13.9. The van der Waals surface area contributed by atoms with E-state index in [1.807, 2.05) is 18.2 Å². The first-order valence-electron chi connectivity index (χ1n) is 7.10. The maximum Gasteiger partial charge on any atom is 0.225 e. The Morgan fingerprint density at radius 1 is 1.26 bits per heavy atom. The summed E-state index contributed by atoms with van der Waals surface area (Å²) in [6, 6.07) is 11.0. The van der Waals surface area contributed by atoms with Crippen LogP contribution in [0, 0.1) is 23.0 Å². The molecular weight excluding hydrogens is 300 g/mol. The predicted molar refractivity (Wildman–Crippen MR) is 82.0 cm³/mol. The van der Waals surface area contributed by atoms with Crippen LogP contribution in [0.2, 0.25) is 0 Å². The van der Waals surface area contributed by atoms with Gasteiger partial charge in [-0.15, -0.1) is 0 Å². The summed E-state index contributed by atoms with van der Waals surface area (Å²) < 4.78 is 27.8. The molecule has 2 N–H and O–H groups in total. The van der Waals surface area contributed by atoms with Gasteiger partial charge in [-0.05, 0) is 23.8 Å². The highest BCUT2D eigenvalue weighted by atomic mass is 19.1. The number of carbonyl (C=O) groups is 1. The van der Waals surface area contributed by atoms with E-state index in [1.54, 1.807) is 12.1 Å². The quantitative estimate of drug-likeness (QED) is 0.913. The third kappa shape index (κ3) is 2.99. The van der Waals surface area contributed by atoms with Crippen molar-refractivity contribution in [1.29, 1.82) is 5.26 Å². The zero-order valence-corrected chi connectivity index (χ0v) is 12.1. The molecule has 0 unspecified atom stereocenters. The average molecular weight is 313 g/mol. The predicted octanol–water partition coefficient (Wildman–Crippen LogP) is 3.37. The van der Waals surface area contributed by atoms with Gasteiger partial charge >= 0.3 is 0 Å². The summed E-state index contributed by atoms with van der Waals surface area (Å²) in [4.78, 5) is 11.7. The first-order valence-corrected chi connectivity index (χ1v) is 7.10. The van der Waals surface area contributed by atoms with Crippen LogP contribution in [-0.2, 0) is 4.79 Å². The topological polar surface area (TPSA) is 64.9 Å². The third-order valence-corrected chi connectivity index (χ3v) is 3.80. The zero-order valence-electron chi connectivity index (χ0n) is 12.1. The molecule has 2 aromatic carbocycles. The molecule has 3 rings (SSSR count). The van der Waals surface area contributed by atoms with Gasteiger partial charge < -0.3 is 10.6 Å². The molecule has 23 heavy (non-hydrogen) atoms. The summed E-state index contributed by atoms with van der Waals surface area (Å²) in [5.41, 5.74) is 1.28. The minimum absolute atomic E-state index is 0.0760. The van der Waals surface area contributed by atoms with Gasteiger partial charge in [-0.3, -0.25) is 4.79 Å². The number of anilines is 2. The van der Waals surface area contributed by atoms with Gasteiger partial charge in [0.2, 0.25) is 5.91 Å². The second kappa shape index (κ2) is 6.05. The lowest BCUT2D eigenvalue weighted by atomic mass is 9.90. The molecular formula is C17H13F2N3O. The minimum atomic E-state index is -0.824. The molecule has 0 spiro atoms. The summed E-state index contributed by atoms with van der Waals surface area (Å²) >= 11 is 0. The lowest BCUT2D eigenvalue weighted by Gasteiger charge is -2.26. The molecule has 1 aliphatic rings. The number of nitrogens with zero attached hydrogens (tertiary/aromatic N) is 1. The molecule has 0 bridgehead atoms. The number of hydrogen-bond donors (Lipinski definition) is 2. The summed E-state index contributed by atoms with van der Waals surface area (Å²) in [6.07, 6.45) is 0.240. The van der Waals surface area contributed by atoms with E-state index < -0.39 is 11.6 Å². The van der Waals surface area contributed by atoms with E-state index in [0.717, 1.165) is 23.4 Å². The van der Waals surface area contributed by atoms with Gasteiger partial charge in [0.1, 0.15) is 5.69 Å². The molecule has 1 atom stereocenters. The van der Waals surface area contributed by atoms with Gasteiger partial charge in [-0.2, -0.15) is 5.26 Å². The van der Waals surface area contributed by atoms with Crippen LogP contribution in [-0.4, -0.2) is 12.5 Å². The molecule has 0 aromatic heterocycles. The number of halogens is 2. The fourth-order valence-corrected chi connectivity index (χ4v) is 2.72. The number of hydrogen-bond acceptors (Lipinski definition) is 3. The van der Waals surface area contributed by atoms with Crippen molar-refractivity contribution in [3.63, 3.8) is 0 Å². The number of rotatable bonds is 3. The Balaban J connectivity index is 1.82. The van der Waals surface area contributed by atoms with Crippen molar-refractivity contribution in [2.75, 3.05) is 17.2 Å². The van der Waals surface area contributed by atoms with Gasteiger partial charge in [0.25, 0.3) is 0 Å². The molecule has 0 fully saturated rings. The third-order valence-electron chi connectivity index (χ3n) is 3.80. The molecule has 1 heterocycles. The molecule has 0 saturated heterocycles. The van der Waals surface area contributed by atoms with E-state index in [4.69, 9.17) is 5.26 Å². The number of para-hydroxylation sites is 1. The Morgan fingerprint density at radius 3 is 2.65 bits per heavy atom. The van der Waals surface area contributed by atoms with Crippen molar-refractivity contribution in [2.24, 2.45) is 0 Å². The van der Waals surface area contributed by atoms with Crippen LogP contribution in [0.4, 0.5) is 20.2 Å². The van der Waals surface area contributed by atoms with Gasteiger partial charge in [0, 0.05) is 24.6 Å². The summed E-state index contributed by atoms with van der Waals surface area (Å²) in [5, 5.41) is 14.2. The van der Waals surface area contributed by atoms with Gasteiger partial charge in [-0.1, -0.05) is 18.2 Å². The first-order chi connectivity index (χ1) is 11.1. The lowest BCUT2D eigenvalue weighted by molar-refractivity contribution is -0.116. The largest absolute Gasteiger partial charge is 0.380 e. The van der Waals surface area contributed by atoms with Crippen LogP contribution in [0.15, 0.2) is 36.4 Å². The second-order valence-corrected chi connectivity index (χ2v) is 5.34. The van der Waals surface area contributed by atoms with Crippen LogP contribution < -0.4 is 10.6 Å². The van der Waals surface area contributed by atoms with Crippen LogP contribution in [0.25, 0.3) is 0 Å². The van der Waals surface area contributed by atoms with E-state index in [0.29, 0.717) is 0 Å². The Labute approximate surface area is 131 Å². The first kappa shape index (κ1) is 15.0. The molecule has 2 aromatic rings. The van der Waals surface area contributed by atoms with Gasteiger partial charge in [0.05, 0.1) is 11.6 Å². The molecule has 116 valence electrons. The number of nitrogens with one attached hydrogen (secondary N) is 2. The molecule has 1 aliphatic heterocycles. The smallest absolute Gasteiger partial charge is 0.225 e. The number of fused-ring (bicyclic) bond motifs is 1. The van der Waals surface area contributed by atoms with Crippen molar-refractivity contribution < 1.29 is 13.6 Å². The molecule has 6 heteroatoms. The SMILES string of the molecule is N#Cc1cc(F)c(NC[C@@H]2CC(=O)Nc3ccccc32)c(F)c1. The maximum absolute atomic E-state index is 13.9. The summed E-state index contributed by atoms with van der Waals surface area (Å²) in [6.45, 7) is 0.212. The van der Waals surface area contributed by atoms with Crippen LogP contribution in [0.3, 0.4) is 0 Å². The van der Waals surface area contributed by atoms with Crippen molar-refractivity contribution >= 4 is 17.3 Å². The molecule has 0 aliphatic carbocycles. The van der Waals surface area contributed by atoms with Crippen LogP contribution in [0.5, 0.6) is 0 Å². The fourth-order valence-electron chi connectivity index (χ4n) is 2.72. The molecule has 0 radical (unpaired) electrons. The van der Waals surface area contributed by atoms with E-state index in [1.165, 1.54) is 0 Å². The summed E-state index contributed by atoms with van der Waals surface area (Å²) in [7, 11) is 0. The molecule has 1 amide bonds. The Hall–Kier alpha value is -2.94. The highest BCUT2D eigenvalue weighted by Gasteiger charge is 2.25. The van der Waals surface area contributed by atoms with E-state index in [2.05, 4.69) is 10.6 Å². The fraction of sp³-hybridized carbons (Fsp3) is 0.176. The van der Waals surface area contributed by atoms with Crippen molar-refractivity contribution in [3.8, 4) is 6.07 Å². The standard InChI is InChI=1S/C17H13F2N3O/c18-13-5-10(8-20)6-14(19)17(13)21-9-11-7-16(23)22-15-4-2-1-3-12(11)15/h1-6,11,21H,7,9H2,(H,22,23)/t11-/m0/s1. The number of amides is 1. The Bertz CT molecular complexity index is 791. The normalized spacial score (nSPS) is 16.2. The Morgan fingerprint density at radius 2 is 1.96 bits per heavy atom. The van der Waals surface area contributed by atoms with Gasteiger partial charge in [-0.25, -0.2) is 8.78 Å². The van der Waals surface area contributed by atoms with Crippen LogP contribution >= 0.6 is 0 Å². The van der Waals surface area contributed by atoms with Crippen molar-refractivity contribution in [1.82, 2.24) is 0 Å².